The molecule has 0 unspecified atom stereocenters. The Morgan fingerprint density at radius 1 is 1.11 bits per heavy atom. The summed E-state index contributed by atoms with van der Waals surface area (Å²) in [5.74, 6) is 0. The van der Waals surface area contributed by atoms with Crippen molar-refractivity contribution in [1.82, 2.24) is 0 Å². The summed E-state index contributed by atoms with van der Waals surface area (Å²) in [4.78, 5) is 7.78. The summed E-state index contributed by atoms with van der Waals surface area (Å²) in [6, 6.07) is 0. The Bertz CT molecular complexity index is 83.1. The van der Waals surface area contributed by atoms with E-state index in [0.29, 0.717) is 0 Å². The van der Waals surface area contributed by atoms with E-state index < -0.39 is 0 Å². The standard InChI is InChI=1S/C4H6N2.C2H6.CH4/c1-4-5-2-3-6-4;1-2;/h2-4H,1H3;1-2H3;1H4. The van der Waals surface area contributed by atoms with Gasteiger partial charge in [-0.25, -0.2) is 0 Å². The predicted octanol–water partition coefficient (Wildman–Crippen LogP) is 2.15. The van der Waals surface area contributed by atoms with Gasteiger partial charge in [0.1, 0.15) is 6.17 Å². The molecule has 1 heterocycles. The van der Waals surface area contributed by atoms with Gasteiger partial charge in [0.25, 0.3) is 0 Å². The summed E-state index contributed by atoms with van der Waals surface area (Å²) >= 11 is 0. The Labute approximate surface area is 57.7 Å². The molecule has 0 N–H and O–H groups in total. The second-order valence-corrected chi connectivity index (χ2v) is 1.23. The molecule has 0 saturated carbocycles. The maximum atomic E-state index is 3.89. The Balaban J connectivity index is 0. The van der Waals surface area contributed by atoms with Gasteiger partial charge >= 0.3 is 0 Å². The number of rotatable bonds is 0. The summed E-state index contributed by atoms with van der Waals surface area (Å²) in [7, 11) is 0. The Morgan fingerprint density at radius 2 is 1.44 bits per heavy atom. The first-order valence-electron chi connectivity index (χ1n) is 2.94. The van der Waals surface area contributed by atoms with Crippen LogP contribution in [0.5, 0.6) is 0 Å². The van der Waals surface area contributed by atoms with Crippen molar-refractivity contribution in [2.45, 2.75) is 34.4 Å². The van der Waals surface area contributed by atoms with Crippen LogP contribution in [0.3, 0.4) is 0 Å². The molecule has 0 amide bonds. The quantitative estimate of drug-likeness (QED) is 0.477. The first kappa shape index (κ1) is 11.2. The molecule has 0 saturated heterocycles. The third kappa shape index (κ3) is 5.21. The molecule has 1 aliphatic heterocycles. The number of hydrogen-bond donors (Lipinski definition) is 0. The maximum Gasteiger partial charge on any atom is 0.136 e. The SMILES string of the molecule is C.CC.CC1N=CC=N1. The summed E-state index contributed by atoms with van der Waals surface area (Å²) in [6.07, 6.45) is 3.61. The molecule has 0 aromatic rings. The summed E-state index contributed by atoms with van der Waals surface area (Å²) < 4.78 is 0. The monoisotopic (exact) mass is 128 g/mol. The molecular weight excluding hydrogens is 112 g/mol. The van der Waals surface area contributed by atoms with Gasteiger partial charge in [-0.2, -0.15) is 0 Å². The van der Waals surface area contributed by atoms with Gasteiger partial charge in [0.15, 0.2) is 0 Å². The lowest BCUT2D eigenvalue weighted by atomic mass is 10.6. The van der Waals surface area contributed by atoms with Crippen LogP contribution >= 0.6 is 0 Å². The first-order valence-corrected chi connectivity index (χ1v) is 2.94. The number of aliphatic imine (C=N–C) groups is 2. The fourth-order valence-electron chi connectivity index (χ4n) is 0.365. The molecular formula is C7H16N2. The lowest BCUT2D eigenvalue weighted by molar-refractivity contribution is 0.818. The zero-order valence-corrected chi connectivity index (χ0v) is 5.63. The zero-order valence-electron chi connectivity index (χ0n) is 5.63. The molecule has 0 aromatic heterocycles. The molecule has 0 radical (unpaired) electrons. The van der Waals surface area contributed by atoms with Crippen molar-refractivity contribution in [3.05, 3.63) is 0 Å². The highest BCUT2D eigenvalue weighted by Gasteiger charge is 1.91. The van der Waals surface area contributed by atoms with Crippen LogP contribution < -0.4 is 0 Å². The fourth-order valence-corrected chi connectivity index (χ4v) is 0.365. The van der Waals surface area contributed by atoms with Crippen LogP contribution in [0.1, 0.15) is 28.2 Å². The predicted molar refractivity (Wildman–Crippen MR) is 44.5 cm³/mol. The highest BCUT2D eigenvalue weighted by Crippen LogP contribution is 1.91. The largest absolute Gasteiger partial charge is 0.265 e. The van der Waals surface area contributed by atoms with Crippen LogP contribution in [-0.4, -0.2) is 18.6 Å². The van der Waals surface area contributed by atoms with Gasteiger partial charge in [-0.05, 0) is 6.92 Å². The van der Waals surface area contributed by atoms with Gasteiger partial charge in [0.05, 0.1) is 0 Å². The van der Waals surface area contributed by atoms with E-state index >= 15 is 0 Å². The summed E-state index contributed by atoms with van der Waals surface area (Å²) in [6.45, 7) is 5.94. The highest BCUT2D eigenvalue weighted by molar-refractivity contribution is 6.17. The van der Waals surface area contributed by atoms with E-state index in [2.05, 4.69) is 9.98 Å². The molecule has 0 aliphatic carbocycles. The van der Waals surface area contributed by atoms with E-state index in [-0.39, 0.29) is 13.6 Å². The van der Waals surface area contributed by atoms with E-state index in [4.69, 9.17) is 0 Å². The Morgan fingerprint density at radius 3 is 1.56 bits per heavy atom. The maximum absolute atomic E-state index is 3.89. The number of nitrogens with zero attached hydrogens (tertiary/aromatic N) is 2. The molecule has 0 bridgehead atoms. The minimum atomic E-state index is 0. The molecule has 2 heteroatoms. The Kier molecular flexibility index (Phi) is 9.12. The van der Waals surface area contributed by atoms with Crippen LogP contribution in [0, 0.1) is 0 Å². The molecule has 54 valence electrons. The molecule has 2 nitrogen and oxygen atoms in total. The Hall–Kier alpha value is -0.660. The van der Waals surface area contributed by atoms with Crippen molar-refractivity contribution in [3.63, 3.8) is 0 Å². The van der Waals surface area contributed by atoms with Gasteiger partial charge in [-0.3, -0.25) is 9.98 Å². The van der Waals surface area contributed by atoms with Crippen LogP contribution in [0.15, 0.2) is 9.98 Å². The highest BCUT2D eigenvalue weighted by atomic mass is 15.0. The second kappa shape index (κ2) is 7.34. The van der Waals surface area contributed by atoms with Crippen molar-refractivity contribution in [2.24, 2.45) is 9.98 Å². The lowest BCUT2D eigenvalue weighted by Crippen LogP contribution is -1.82. The van der Waals surface area contributed by atoms with Crippen molar-refractivity contribution in [3.8, 4) is 0 Å². The lowest BCUT2D eigenvalue weighted by Gasteiger charge is -1.84. The molecule has 1 rings (SSSR count). The van der Waals surface area contributed by atoms with E-state index in [1.807, 2.05) is 20.8 Å². The topological polar surface area (TPSA) is 24.7 Å². The molecule has 9 heavy (non-hydrogen) atoms. The fraction of sp³-hybridized carbons (Fsp3) is 0.714. The van der Waals surface area contributed by atoms with Crippen LogP contribution in [-0.2, 0) is 0 Å². The third-order valence-electron chi connectivity index (χ3n) is 0.670. The smallest absolute Gasteiger partial charge is 0.136 e. The molecule has 0 atom stereocenters. The average molecular weight is 128 g/mol. The van der Waals surface area contributed by atoms with Crippen molar-refractivity contribution in [1.29, 1.82) is 0 Å². The zero-order chi connectivity index (χ0) is 6.41. The minimum absolute atomic E-state index is 0. The van der Waals surface area contributed by atoms with Gasteiger partial charge < -0.3 is 0 Å². The average Bonchev–Trinajstić information content (AvgIpc) is 2.24. The summed E-state index contributed by atoms with van der Waals surface area (Å²) in [5.41, 5.74) is 0. The van der Waals surface area contributed by atoms with Crippen LogP contribution in [0.2, 0.25) is 0 Å². The van der Waals surface area contributed by atoms with Crippen molar-refractivity contribution < 1.29 is 0 Å². The molecule has 0 fully saturated rings. The van der Waals surface area contributed by atoms with E-state index in [1.165, 1.54) is 0 Å². The first-order chi connectivity index (χ1) is 3.89. The molecule has 0 aromatic carbocycles. The van der Waals surface area contributed by atoms with Gasteiger partial charge in [0, 0.05) is 12.4 Å². The number of hydrogen-bond acceptors (Lipinski definition) is 2. The third-order valence-corrected chi connectivity index (χ3v) is 0.670. The molecule has 1 aliphatic rings. The van der Waals surface area contributed by atoms with E-state index in [9.17, 15) is 0 Å². The van der Waals surface area contributed by atoms with Crippen molar-refractivity contribution >= 4 is 12.4 Å². The van der Waals surface area contributed by atoms with Gasteiger partial charge in [-0.1, -0.05) is 21.3 Å². The van der Waals surface area contributed by atoms with E-state index in [0.717, 1.165) is 0 Å². The normalized spacial score (nSPS) is 14.1. The van der Waals surface area contributed by atoms with Gasteiger partial charge in [-0.15, -0.1) is 0 Å². The van der Waals surface area contributed by atoms with Crippen molar-refractivity contribution in [2.75, 3.05) is 0 Å². The molecule has 0 spiro atoms. The van der Waals surface area contributed by atoms with E-state index in [1.54, 1.807) is 12.4 Å². The van der Waals surface area contributed by atoms with Crippen LogP contribution in [0.25, 0.3) is 0 Å². The minimum Gasteiger partial charge on any atom is -0.265 e. The second-order valence-electron chi connectivity index (χ2n) is 1.23. The van der Waals surface area contributed by atoms with Crippen LogP contribution in [0.4, 0.5) is 0 Å². The summed E-state index contributed by atoms with van der Waals surface area (Å²) in [5, 5.41) is 0. The van der Waals surface area contributed by atoms with Gasteiger partial charge in [0.2, 0.25) is 0 Å².